The van der Waals surface area contributed by atoms with Crippen LogP contribution in [0.4, 0.5) is 0 Å². The molecular weight excluding hydrogens is 224 g/mol. The molecule has 2 heterocycles. The van der Waals surface area contributed by atoms with Crippen LogP contribution in [0, 0.1) is 0 Å². The number of thioether (sulfide) groups is 1. The Morgan fingerprint density at radius 3 is 2.94 bits per heavy atom. The summed E-state index contributed by atoms with van der Waals surface area (Å²) >= 11 is 1.87. The molecule has 1 saturated heterocycles. The van der Waals surface area contributed by atoms with Gasteiger partial charge in [-0.05, 0) is 18.2 Å². The van der Waals surface area contributed by atoms with Crippen molar-refractivity contribution in [2.24, 2.45) is 0 Å². The van der Waals surface area contributed by atoms with E-state index in [9.17, 15) is 9.59 Å². The van der Waals surface area contributed by atoms with Crippen LogP contribution in [0.1, 0.15) is 16.8 Å². The van der Waals surface area contributed by atoms with E-state index in [2.05, 4.69) is 4.98 Å². The minimum atomic E-state index is -0.185. The highest BCUT2D eigenvalue weighted by Crippen LogP contribution is 2.22. The van der Waals surface area contributed by atoms with Crippen LogP contribution in [0.3, 0.4) is 0 Å². The van der Waals surface area contributed by atoms with Gasteiger partial charge in [0.1, 0.15) is 0 Å². The molecular formula is C11H14N2O2S. The molecule has 1 unspecified atom stereocenters. The lowest BCUT2D eigenvalue weighted by Gasteiger charge is -2.23. The van der Waals surface area contributed by atoms with Gasteiger partial charge in [-0.2, -0.15) is 11.8 Å². The van der Waals surface area contributed by atoms with Crippen LogP contribution < -0.4 is 5.56 Å². The lowest BCUT2D eigenvalue weighted by atomic mass is 10.2. The maximum atomic E-state index is 12.0. The number of rotatable bonds is 2. The van der Waals surface area contributed by atoms with Gasteiger partial charge in [0.15, 0.2) is 0 Å². The summed E-state index contributed by atoms with van der Waals surface area (Å²) in [5.41, 5.74) is 0.356. The quantitative estimate of drug-likeness (QED) is 0.834. The Bertz CT molecular complexity index is 417. The van der Waals surface area contributed by atoms with Crippen LogP contribution in [-0.2, 0) is 0 Å². The van der Waals surface area contributed by atoms with E-state index in [-0.39, 0.29) is 11.5 Å². The number of aromatic nitrogens is 1. The summed E-state index contributed by atoms with van der Waals surface area (Å²) in [6, 6.07) is 3.27. The van der Waals surface area contributed by atoms with E-state index < -0.39 is 0 Å². The number of hydrogen-bond acceptors (Lipinski definition) is 3. The van der Waals surface area contributed by atoms with Crippen molar-refractivity contribution in [3.8, 4) is 0 Å². The standard InChI is InChI=1S/C11H14N2O2S/c1-13(9-4-5-16-7-9)11(15)8-2-3-10(14)12-6-8/h2-3,6,9H,4-5,7H2,1H3,(H,12,14). The topological polar surface area (TPSA) is 53.2 Å². The van der Waals surface area contributed by atoms with E-state index >= 15 is 0 Å². The molecule has 1 fully saturated rings. The first-order valence-corrected chi connectivity index (χ1v) is 6.37. The molecule has 0 aliphatic carbocycles. The highest BCUT2D eigenvalue weighted by Gasteiger charge is 2.24. The lowest BCUT2D eigenvalue weighted by Crippen LogP contribution is -2.37. The molecule has 1 atom stereocenters. The van der Waals surface area contributed by atoms with Crippen molar-refractivity contribution in [3.05, 3.63) is 34.2 Å². The molecule has 4 nitrogen and oxygen atoms in total. The molecule has 2 rings (SSSR count). The third-order valence-corrected chi connectivity index (χ3v) is 3.95. The molecule has 1 aliphatic heterocycles. The fourth-order valence-electron chi connectivity index (χ4n) is 1.74. The first kappa shape index (κ1) is 11.3. The van der Waals surface area contributed by atoms with Gasteiger partial charge in [-0.1, -0.05) is 0 Å². The number of aromatic amines is 1. The third kappa shape index (κ3) is 2.29. The molecule has 1 N–H and O–H groups in total. The van der Waals surface area contributed by atoms with Crippen molar-refractivity contribution in [1.82, 2.24) is 9.88 Å². The van der Waals surface area contributed by atoms with Crippen LogP contribution in [0.15, 0.2) is 23.1 Å². The Morgan fingerprint density at radius 2 is 2.38 bits per heavy atom. The van der Waals surface area contributed by atoms with Crippen LogP contribution in [0.5, 0.6) is 0 Å². The highest BCUT2D eigenvalue weighted by molar-refractivity contribution is 7.99. The zero-order chi connectivity index (χ0) is 11.5. The van der Waals surface area contributed by atoms with Crippen molar-refractivity contribution in [1.29, 1.82) is 0 Å². The first-order valence-electron chi connectivity index (χ1n) is 5.22. The predicted molar refractivity (Wildman–Crippen MR) is 64.9 cm³/mol. The molecule has 86 valence electrons. The Labute approximate surface area is 98.0 Å². The fourth-order valence-corrected chi connectivity index (χ4v) is 3.01. The van der Waals surface area contributed by atoms with Gasteiger partial charge in [0.25, 0.3) is 5.91 Å². The van der Waals surface area contributed by atoms with Crippen molar-refractivity contribution in [2.45, 2.75) is 12.5 Å². The van der Waals surface area contributed by atoms with Crippen LogP contribution in [-0.4, -0.2) is 40.4 Å². The summed E-state index contributed by atoms with van der Waals surface area (Å²) in [5, 5.41) is 0. The molecule has 0 spiro atoms. The molecule has 0 bridgehead atoms. The molecule has 1 aromatic rings. The summed E-state index contributed by atoms with van der Waals surface area (Å²) in [6.07, 6.45) is 2.53. The molecule has 1 amide bonds. The van der Waals surface area contributed by atoms with Gasteiger partial charge in [-0.15, -0.1) is 0 Å². The van der Waals surface area contributed by atoms with Gasteiger partial charge in [-0.25, -0.2) is 0 Å². The first-order chi connectivity index (χ1) is 7.68. The Kier molecular flexibility index (Phi) is 3.33. The summed E-state index contributed by atoms with van der Waals surface area (Å²) in [5.74, 6) is 2.10. The van der Waals surface area contributed by atoms with Crippen molar-refractivity contribution < 1.29 is 4.79 Å². The second kappa shape index (κ2) is 4.74. The number of nitrogens with zero attached hydrogens (tertiary/aromatic N) is 1. The van der Waals surface area contributed by atoms with Gasteiger partial charge < -0.3 is 9.88 Å². The summed E-state index contributed by atoms with van der Waals surface area (Å²) < 4.78 is 0. The zero-order valence-electron chi connectivity index (χ0n) is 9.10. The van der Waals surface area contributed by atoms with Gasteiger partial charge in [0, 0.05) is 31.1 Å². The van der Waals surface area contributed by atoms with Crippen LogP contribution in [0.25, 0.3) is 0 Å². The van der Waals surface area contributed by atoms with Crippen molar-refractivity contribution >= 4 is 17.7 Å². The van der Waals surface area contributed by atoms with Crippen molar-refractivity contribution in [3.63, 3.8) is 0 Å². The highest BCUT2D eigenvalue weighted by atomic mass is 32.2. The third-order valence-electron chi connectivity index (χ3n) is 2.80. The SMILES string of the molecule is CN(C(=O)c1ccc(=O)[nH]c1)C1CCSC1. The molecule has 16 heavy (non-hydrogen) atoms. The van der Waals surface area contributed by atoms with Gasteiger partial charge >= 0.3 is 0 Å². The molecule has 1 aromatic heterocycles. The predicted octanol–water partition coefficient (Wildman–Crippen LogP) is 0.952. The fraction of sp³-hybridized carbons (Fsp3) is 0.455. The van der Waals surface area contributed by atoms with Gasteiger partial charge in [0.05, 0.1) is 5.56 Å². The van der Waals surface area contributed by atoms with E-state index in [4.69, 9.17) is 0 Å². The average molecular weight is 238 g/mol. The van der Waals surface area contributed by atoms with E-state index in [1.807, 2.05) is 18.8 Å². The normalized spacial score (nSPS) is 19.7. The van der Waals surface area contributed by atoms with E-state index in [1.54, 1.807) is 11.0 Å². The van der Waals surface area contributed by atoms with E-state index in [1.165, 1.54) is 12.3 Å². The zero-order valence-corrected chi connectivity index (χ0v) is 9.92. The maximum absolute atomic E-state index is 12.0. The maximum Gasteiger partial charge on any atom is 0.255 e. The number of pyridine rings is 1. The second-order valence-corrected chi connectivity index (χ2v) is 5.02. The summed E-state index contributed by atoms with van der Waals surface area (Å²) in [7, 11) is 1.82. The van der Waals surface area contributed by atoms with E-state index in [0.717, 1.165) is 17.9 Å². The van der Waals surface area contributed by atoms with Gasteiger partial charge in [-0.3, -0.25) is 9.59 Å². The van der Waals surface area contributed by atoms with Crippen LogP contribution >= 0.6 is 11.8 Å². The Balaban J connectivity index is 2.11. The number of carbonyl (C=O) groups is 1. The number of carbonyl (C=O) groups excluding carboxylic acids is 1. The van der Waals surface area contributed by atoms with E-state index in [0.29, 0.717) is 11.6 Å². The Hall–Kier alpha value is -1.23. The second-order valence-electron chi connectivity index (χ2n) is 3.88. The summed E-state index contributed by atoms with van der Waals surface area (Å²) in [6.45, 7) is 0. The number of H-pyrrole nitrogens is 1. The minimum Gasteiger partial charge on any atom is -0.338 e. The number of amides is 1. The molecule has 0 saturated carbocycles. The Morgan fingerprint density at radius 1 is 1.56 bits per heavy atom. The minimum absolute atomic E-state index is 0.0243. The number of hydrogen-bond donors (Lipinski definition) is 1. The van der Waals surface area contributed by atoms with Gasteiger partial charge in [0.2, 0.25) is 5.56 Å². The lowest BCUT2D eigenvalue weighted by molar-refractivity contribution is 0.0747. The number of nitrogens with one attached hydrogen (secondary N) is 1. The molecule has 0 aromatic carbocycles. The average Bonchev–Trinajstić information content (AvgIpc) is 2.81. The molecule has 5 heteroatoms. The van der Waals surface area contributed by atoms with Crippen LogP contribution in [0.2, 0.25) is 0 Å². The largest absolute Gasteiger partial charge is 0.338 e. The summed E-state index contributed by atoms with van der Waals surface area (Å²) in [4.78, 5) is 27.2. The molecule has 0 radical (unpaired) electrons. The van der Waals surface area contributed by atoms with Crippen molar-refractivity contribution in [2.75, 3.05) is 18.6 Å². The monoisotopic (exact) mass is 238 g/mol. The molecule has 1 aliphatic rings. The smallest absolute Gasteiger partial charge is 0.255 e.